The van der Waals surface area contributed by atoms with Crippen LogP contribution in [0, 0.1) is 11.8 Å². The van der Waals surface area contributed by atoms with Crippen molar-refractivity contribution < 1.29 is 88.7 Å². The van der Waals surface area contributed by atoms with E-state index < -0.39 is 176 Å². The van der Waals surface area contributed by atoms with Gasteiger partial charge in [0.1, 0.15) is 59.6 Å². The van der Waals surface area contributed by atoms with Crippen molar-refractivity contribution in [2.75, 3.05) is 26.0 Å². The third kappa shape index (κ3) is 19.5. The molecule has 4 rings (SSSR count). The van der Waals surface area contributed by atoms with E-state index in [4.69, 9.17) is 10.5 Å². The molecular weight excluding hydrogens is 1070 g/mol. The molecule has 3 fully saturated rings. The van der Waals surface area contributed by atoms with Crippen molar-refractivity contribution in [3.05, 3.63) is 29.8 Å². The third-order valence-electron chi connectivity index (χ3n) is 14.9. The number of aromatic hydroxyl groups is 1. The Bertz CT molecular complexity index is 2270. The number of amides is 8. The van der Waals surface area contributed by atoms with Crippen LogP contribution in [0.3, 0.4) is 0 Å². The minimum absolute atomic E-state index is 0.0815. The van der Waals surface area contributed by atoms with Crippen molar-refractivity contribution in [2.24, 2.45) is 17.6 Å². The van der Waals surface area contributed by atoms with Crippen LogP contribution in [0.1, 0.15) is 129 Å². The molecule has 0 bridgehead atoms. The molecule has 15 N–H and O–H groups in total. The van der Waals surface area contributed by atoms with E-state index in [0.717, 1.165) is 86.6 Å². The molecule has 8 amide bonds. The van der Waals surface area contributed by atoms with E-state index in [1.165, 1.54) is 6.42 Å². The Labute approximate surface area is 469 Å². The molecule has 1 aromatic rings. The summed E-state index contributed by atoms with van der Waals surface area (Å²) in [5.41, 5.74) is 5.26. The van der Waals surface area contributed by atoms with Crippen LogP contribution >= 0.6 is 11.8 Å². The molecule has 3 aliphatic heterocycles. The molecule has 0 saturated carbocycles. The Morgan fingerprint density at radius 3 is 2.00 bits per heavy atom. The van der Waals surface area contributed by atoms with E-state index in [9.17, 15) is 84.0 Å². The number of thioether (sulfide) groups is 1. The van der Waals surface area contributed by atoms with E-state index in [1.807, 2.05) is 0 Å². The van der Waals surface area contributed by atoms with Gasteiger partial charge in [-0.25, -0.2) is 0 Å². The van der Waals surface area contributed by atoms with Crippen molar-refractivity contribution in [1.29, 1.82) is 0 Å². The first-order chi connectivity index (χ1) is 37.8. The molecule has 0 spiro atoms. The summed E-state index contributed by atoms with van der Waals surface area (Å²) in [6, 6.07) is -7.36. The van der Waals surface area contributed by atoms with Crippen molar-refractivity contribution >= 4 is 65.0 Å². The van der Waals surface area contributed by atoms with Crippen LogP contribution in [0.15, 0.2) is 24.3 Å². The molecule has 0 aliphatic carbocycles. The van der Waals surface area contributed by atoms with Crippen LogP contribution < -0.4 is 32.3 Å². The van der Waals surface area contributed by atoms with Crippen molar-refractivity contribution in [1.82, 2.24) is 36.4 Å². The van der Waals surface area contributed by atoms with Crippen molar-refractivity contribution in [2.45, 2.75) is 202 Å². The summed E-state index contributed by atoms with van der Waals surface area (Å²) in [5.74, 6) is -9.82. The van der Waals surface area contributed by atoms with Gasteiger partial charge in [0.15, 0.2) is 0 Å². The van der Waals surface area contributed by atoms with E-state index in [0.29, 0.717) is 36.4 Å². The number of nitrogens with zero attached hydrogens (tertiary/aromatic N) is 2. The molecule has 3 aliphatic rings. The average Bonchev–Trinajstić information content (AvgIpc) is 4.02. The molecule has 27 heteroatoms. The monoisotopic (exact) mass is 1150 g/mol. The summed E-state index contributed by atoms with van der Waals surface area (Å²) in [5, 5.41) is 99.7. The number of fused-ring (bicyclic) bond motifs is 2. The second-order valence-electron chi connectivity index (χ2n) is 21.4. The zero-order chi connectivity index (χ0) is 59.5. The van der Waals surface area contributed by atoms with Gasteiger partial charge in [-0.05, 0) is 55.7 Å². The lowest BCUT2D eigenvalue weighted by atomic mass is 9.91. The largest absolute Gasteiger partial charge is 0.508 e. The van der Waals surface area contributed by atoms with E-state index in [-0.39, 0.29) is 24.2 Å². The molecule has 3 saturated heterocycles. The fourth-order valence-corrected chi connectivity index (χ4v) is 11.1. The first kappa shape index (κ1) is 66.8. The number of methoxy groups -OCH3 is 1. The Morgan fingerprint density at radius 2 is 1.38 bits per heavy atom. The van der Waals surface area contributed by atoms with Gasteiger partial charge in [-0.3, -0.25) is 43.2 Å². The molecule has 80 heavy (non-hydrogen) atoms. The lowest BCUT2D eigenvalue weighted by Crippen LogP contribution is -2.64. The van der Waals surface area contributed by atoms with Gasteiger partial charge in [0.25, 0.3) is 0 Å². The van der Waals surface area contributed by atoms with Crippen LogP contribution in [0.4, 0.5) is 0 Å². The van der Waals surface area contributed by atoms with Crippen LogP contribution in [-0.2, 0) is 47.9 Å². The van der Waals surface area contributed by atoms with Gasteiger partial charge >= 0.3 is 5.97 Å². The SMILES string of the molecule is CCC(C)CC(C)CCCCCCCCC(=O)NC1C[C@@H](O)C(SCC(=O)OC)NC(=O)[C@@H]2[C@@H](O)CCN2C(=O)C([C@H](O)CC(N)=O)NC(=O)[C@H]([C@H](O)[C@@H](O)c2ccc(O)cc2)NC(=O)C2C[C@@H](O)CN2C(=O)C([C@@H](C)O)NC1=O. The second-order valence-corrected chi connectivity index (χ2v) is 22.6. The van der Waals surface area contributed by atoms with E-state index in [2.05, 4.69) is 47.4 Å². The highest BCUT2D eigenvalue weighted by atomic mass is 32.2. The molecule has 1 aromatic carbocycles. The van der Waals surface area contributed by atoms with Gasteiger partial charge in [0.2, 0.25) is 47.3 Å². The summed E-state index contributed by atoms with van der Waals surface area (Å²) in [6.07, 6.45) is -7.70. The number of phenols is 1. The van der Waals surface area contributed by atoms with Gasteiger partial charge < -0.3 is 87.7 Å². The number of hydrogen-bond acceptors (Lipinski definition) is 19. The smallest absolute Gasteiger partial charge is 0.315 e. The summed E-state index contributed by atoms with van der Waals surface area (Å²) >= 11 is 0.590. The number of primary amides is 1. The molecule has 3 heterocycles. The highest BCUT2D eigenvalue weighted by Gasteiger charge is 2.49. The minimum atomic E-state index is -2.37. The minimum Gasteiger partial charge on any atom is -0.508 e. The van der Waals surface area contributed by atoms with Gasteiger partial charge in [-0.15, -0.1) is 11.8 Å². The van der Waals surface area contributed by atoms with Crippen LogP contribution in [0.2, 0.25) is 0 Å². The number of carbonyl (C=O) groups is 9. The van der Waals surface area contributed by atoms with Gasteiger partial charge in [0, 0.05) is 32.4 Å². The molecule has 0 radical (unpaired) electrons. The first-order valence-electron chi connectivity index (χ1n) is 27.4. The zero-order valence-corrected chi connectivity index (χ0v) is 46.9. The summed E-state index contributed by atoms with van der Waals surface area (Å²) in [7, 11) is 1.07. The first-order valence-corrected chi connectivity index (χ1v) is 28.5. The Balaban J connectivity index is 1.77. The highest BCUT2D eigenvalue weighted by molar-refractivity contribution is 8.00. The zero-order valence-electron chi connectivity index (χ0n) is 46.1. The summed E-state index contributed by atoms with van der Waals surface area (Å²) in [6.45, 7) is 6.77. The van der Waals surface area contributed by atoms with Crippen LogP contribution in [0.5, 0.6) is 5.75 Å². The maximum absolute atomic E-state index is 14.6. The highest BCUT2D eigenvalue weighted by Crippen LogP contribution is 2.28. The lowest BCUT2D eigenvalue weighted by Gasteiger charge is -2.34. The molecule has 0 aromatic heterocycles. The van der Waals surface area contributed by atoms with E-state index >= 15 is 0 Å². The lowest BCUT2D eigenvalue weighted by molar-refractivity contribution is -0.148. The number of unbranched alkanes of at least 4 members (excludes halogenated alkanes) is 5. The van der Waals surface area contributed by atoms with Gasteiger partial charge in [-0.2, -0.15) is 0 Å². The molecule has 7 unspecified atom stereocenters. The Hall–Kier alpha value is -5.68. The number of aliphatic hydroxyl groups excluding tert-OH is 7. The normalized spacial score (nSPS) is 27.9. The van der Waals surface area contributed by atoms with Gasteiger partial charge in [-0.1, -0.05) is 77.8 Å². The third-order valence-corrected chi connectivity index (χ3v) is 16.1. The molecule has 26 nitrogen and oxygen atoms in total. The number of phenolic OH excluding ortho intramolecular Hbond substituents is 1. The average molecular weight is 1150 g/mol. The quantitative estimate of drug-likeness (QED) is 0.0400. The Morgan fingerprint density at radius 1 is 0.762 bits per heavy atom. The maximum Gasteiger partial charge on any atom is 0.315 e. The Kier molecular flexibility index (Phi) is 26.8. The predicted octanol–water partition coefficient (Wildman–Crippen LogP) is -2.43. The maximum atomic E-state index is 14.6. The van der Waals surface area contributed by atoms with Crippen molar-refractivity contribution in [3.8, 4) is 5.75 Å². The number of hydrogen-bond donors (Lipinski definition) is 14. The number of benzene rings is 1. The number of carbonyl (C=O) groups excluding carboxylic acids is 9. The number of aliphatic hydroxyl groups is 7. The van der Waals surface area contributed by atoms with E-state index in [1.54, 1.807) is 0 Å². The number of esters is 1. The number of nitrogens with two attached hydrogens (primary N) is 1. The fourth-order valence-electron chi connectivity index (χ4n) is 10.2. The number of ether oxygens (including phenoxy) is 1. The second kappa shape index (κ2) is 32.1. The molecule has 16 atom stereocenters. The summed E-state index contributed by atoms with van der Waals surface area (Å²) < 4.78 is 4.76. The molecule has 450 valence electrons. The van der Waals surface area contributed by atoms with Gasteiger partial charge in [0.05, 0.1) is 49.8 Å². The predicted molar refractivity (Wildman–Crippen MR) is 288 cm³/mol. The molecular formula is C53H84N8O18S. The van der Waals surface area contributed by atoms with Crippen molar-refractivity contribution in [3.63, 3.8) is 0 Å². The van der Waals surface area contributed by atoms with Crippen LogP contribution in [-0.4, -0.2) is 208 Å². The van der Waals surface area contributed by atoms with Crippen LogP contribution in [0.25, 0.3) is 0 Å². The standard InChI is InChI=1S/C53H84N8O18S/c1-6-27(2)21-28(3)13-11-9-7-8-10-12-14-39(69)55-33-23-37(67)51(80-26-40(70)79-5)59-50(76)44-35(65)19-20-60(44)53(78)42(36(66)24-38(54)68)57-49(75)43(46(72)45(71)30-15-17-31(63)18-16-30)58-48(74)34-22-32(64)25-61(34)52(77)41(29(4)62)56-47(33)73/h15-18,27-29,32-37,41-46,51,62-67,71-72H,6-14,19-26H2,1-5H3,(H2,54,68)(H,55,69)(H,56,73)(H,57,75)(H,58,74)(H,59,76)/t27?,28?,29-,32-,33?,34?,35+,36-,37-,41?,42?,43+,44+,45+,46+,51?/m1/s1. The topological polar surface area (TPSA) is 417 Å². The fraction of sp³-hybridized carbons (Fsp3) is 0.717. The summed E-state index contributed by atoms with van der Waals surface area (Å²) in [4.78, 5) is 127. The number of rotatable bonds is 23. The number of nitrogens with one attached hydrogen (secondary N) is 5.